The number of carboxylic acids is 1. The fourth-order valence-corrected chi connectivity index (χ4v) is 0.866. The zero-order valence-corrected chi connectivity index (χ0v) is 7.35. The lowest BCUT2D eigenvalue weighted by Gasteiger charge is -2.03. The number of aromatic nitrogens is 1. The summed E-state index contributed by atoms with van der Waals surface area (Å²) >= 11 is 0. The topological polar surface area (TPSA) is 103 Å². The van der Waals surface area contributed by atoms with Crippen molar-refractivity contribution in [2.45, 2.75) is 0 Å². The highest BCUT2D eigenvalue weighted by Crippen LogP contribution is 2.11. The molecule has 0 fully saturated rings. The summed E-state index contributed by atoms with van der Waals surface area (Å²) in [5.74, 6) is -1.94. The Morgan fingerprint density at radius 2 is 2.21 bits per heavy atom. The number of nitrogens with zero attached hydrogens (tertiary/aromatic N) is 1. The van der Waals surface area contributed by atoms with E-state index >= 15 is 0 Å². The quantitative estimate of drug-likeness (QED) is 0.652. The normalized spacial score (nSPS) is 9.50. The second kappa shape index (κ2) is 3.73. The van der Waals surface area contributed by atoms with Crippen LogP contribution in [0.3, 0.4) is 0 Å². The Bertz CT molecular complexity index is 389. The number of anilines is 1. The zero-order chi connectivity index (χ0) is 10.7. The van der Waals surface area contributed by atoms with E-state index in [0.717, 1.165) is 12.3 Å². The summed E-state index contributed by atoms with van der Waals surface area (Å²) < 4.78 is 4.40. The summed E-state index contributed by atoms with van der Waals surface area (Å²) in [6, 6.07) is 1.12. The van der Waals surface area contributed by atoms with Crippen LogP contribution < -0.4 is 5.73 Å². The third-order valence-electron chi connectivity index (χ3n) is 1.57. The maximum Gasteiger partial charge on any atom is 0.341 e. The van der Waals surface area contributed by atoms with Crippen LogP contribution in [0.1, 0.15) is 20.7 Å². The molecule has 74 valence electrons. The number of carbonyl (C=O) groups is 2. The average Bonchev–Trinajstić information content (AvgIpc) is 2.17. The molecule has 0 radical (unpaired) electrons. The molecule has 1 aromatic heterocycles. The highest BCUT2D eigenvalue weighted by molar-refractivity contribution is 5.97. The van der Waals surface area contributed by atoms with E-state index in [1.807, 2.05) is 0 Å². The van der Waals surface area contributed by atoms with Gasteiger partial charge in [0, 0.05) is 6.20 Å². The zero-order valence-electron chi connectivity index (χ0n) is 7.35. The van der Waals surface area contributed by atoms with Crippen LogP contribution in [-0.2, 0) is 4.74 Å². The Kier molecular flexibility index (Phi) is 2.66. The van der Waals surface area contributed by atoms with Crippen LogP contribution in [0, 0.1) is 0 Å². The Labute approximate surface area is 79.3 Å². The van der Waals surface area contributed by atoms with Crippen LogP contribution in [0.15, 0.2) is 12.3 Å². The number of hydrogen-bond donors (Lipinski definition) is 2. The van der Waals surface area contributed by atoms with Gasteiger partial charge < -0.3 is 15.6 Å². The van der Waals surface area contributed by atoms with Gasteiger partial charge in [0.25, 0.3) is 0 Å². The molecule has 0 aliphatic heterocycles. The van der Waals surface area contributed by atoms with Crippen molar-refractivity contribution in [3.8, 4) is 0 Å². The van der Waals surface area contributed by atoms with E-state index in [9.17, 15) is 9.59 Å². The number of nitrogen functional groups attached to an aromatic ring is 1. The number of pyridine rings is 1. The van der Waals surface area contributed by atoms with Gasteiger partial charge in [-0.15, -0.1) is 0 Å². The van der Waals surface area contributed by atoms with E-state index < -0.39 is 11.9 Å². The maximum atomic E-state index is 11.1. The average molecular weight is 196 g/mol. The van der Waals surface area contributed by atoms with Crippen molar-refractivity contribution in [1.29, 1.82) is 0 Å². The summed E-state index contributed by atoms with van der Waals surface area (Å²) in [6.07, 6.45) is 1.07. The molecule has 1 rings (SSSR count). The van der Waals surface area contributed by atoms with Gasteiger partial charge in [-0.2, -0.15) is 0 Å². The van der Waals surface area contributed by atoms with Gasteiger partial charge in [0.1, 0.15) is 11.4 Å². The predicted octanol–water partition coefficient (Wildman–Crippen LogP) is 0.149. The van der Waals surface area contributed by atoms with E-state index in [0.29, 0.717) is 0 Å². The number of nitrogens with two attached hydrogens (primary N) is 1. The molecular formula is C8H8N2O4. The van der Waals surface area contributed by atoms with E-state index in [2.05, 4.69) is 9.72 Å². The molecule has 0 amide bonds. The number of methoxy groups -OCH3 is 1. The number of carbonyl (C=O) groups excluding carboxylic acids is 1. The van der Waals surface area contributed by atoms with Gasteiger partial charge in [-0.05, 0) is 6.07 Å². The second-order valence-corrected chi connectivity index (χ2v) is 2.45. The fourth-order valence-electron chi connectivity index (χ4n) is 0.866. The lowest BCUT2D eigenvalue weighted by Crippen LogP contribution is -2.09. The van der Waals surface area contributed by atoms with E-state index in [-0.39, 0.29) is 16.9 Å². The maximum absolute atomic E-state index is 11.1. The summed E-state index contributed by atoms with van der Waals surface area (Å²) in [7, 11) is 1.18. The minimum absolute atomic E-state index is 0.0487. The Balaban J connectivity index is 3.21. The van der Waals surface area contributed by atoms with Crippen molar-refractivity contribution in [3.63, 3.8) is 0 Å². The smallest absolute Gasteiger partial charge is 0.341 e. The SMILES string of the molecule is COC(=O)c1cc(C(=O)O)cnc1N. The number of rotatable bonds is 2. The predicted molar refractivity (Wildman–Crippen MR) is 46.9 cm³/mol. The summed E-state index contributed by atoms with van der Waals surface area (Å²) in [5, 5.41) is 8.62. The van der Waals surface area contributed by atoms with Crippen LogP contribution in [0.2, 0.25) is 0 Å². The number of aromatic carboxylic acids is 1. The number of ether oxygens (including phenoxy) is 1. The van der Waals surface area contributed by atoms with E-state index in [1.54, 1.807) is 0 Å². The van der Waals surface area contributed by atoms with Crippen LogP contribution >= 0.6 is 0 Å². The van der Waals surface area contributed by atoms with Gasteiger partial charge in [-0.25, -0.2) is 14.6 Å². The van der Waals surface area contributed by atoms with Crippen molar-refractivity contribution >= 4 is 17.8 Å². The first kappa shape index (κ1) is 9.97. The van der Waals surface area contributed by atoms with Crippen molar-refractivity contribution in [1.82, 2.24) is 4.98 Å². The molecule has 0 unspecified atom stereocenters. The molecule has 6 heteroatoms. The molecule has 0 saturated carbocycles. The van der Waals surface area contributed by atoms with Crippen molar-refractivity contribution < 1.29 is 19.4 Å². The summed E-state index contributed by atoms with van der Waals surface area (Å²) in [5.41, 5.74) is 5.20. The van der Waals surface area contributed by atoms with E-state index in [1.165, 1.54) is 7.11 Å². The number of carboxylic acid groups (broad SMARTS) is 1. The Hall–Kier alpha value is -2.11. The molecule has 3 N–H and O–H groups in total. The van der Waals surface area contributed by atoms with Gasteiger partial charge in [-0.3, -0.25) is 0 Å². The summed E-state index contributed by atoms with van der Waals surface area (Å²) in [6.45, 7) is 0. The van der Waals surface area contributed by atoms with Gasteiger partial charge in [-0.1, -0.05) is 0 Å². The van der Waals surface area contributed by atoms with Gasteiger partial charge >= 0.3 is 11.9 Å². The second-order valence-electron chi connectivity index (χ2n) is 2.45. The standard InChI is InChI=1S/C8H8N2O4/c1-14-8(13)5-2-4(7(11)12)3-10-6(5)9/h2-3H,1H3,(H2,9,10)(H,11,12). The van der Waals surface area contributed by atoms with Crippen LogP contribution in [-0.4, -0.2) is 29.1 Å². The molecule has 1 aromatic rings. The first-order valence-corrected chi connectivity index (χ1v) is 3.63. The van der Waals surface area contributed by atoms with Crippen molar-refractivity contribution in [2.75, 3.05) is 12.8 Å². The highest BCUT2D eigenvalue weighted by atomic mass is 16.5. The molecule has 0 spiro atoms. The molecule has 0 atom stereocenters. The lowest BCUT2D eigenvalue weighted by atomic mass is 10.2. The van der Waals surface area contributed by atoms with Gasteiger partial charge in [0.15, 0.2) is 0 Å². The van der Waals surface area contributed by atoms with Gasteiger partial charge in [0.05, 0.1) is 12.7 Å². The molecule has 14 heavy (non-hydrogen) atoms. The van der Waals surface area contributed by atoms with E-state index in [4.69, 9.17) is 10.8 Å². The summed E-state index contributed by atoms with van der Waals surface area (Å²) in [4.78, 5) is 25.2. The first-order chi connectivity index (χ1) is 6.56. The van der Waals surface area contributed by atoms with Crippen molar-refractivity contribution in [3.05, 3.63) is 23.4 Å². The monoisotopic (exact) mass is 196 g/mol. The fraction of sp³-hybridized carbons (Fsp3) is 0.125. The Morgan fingerprint density at radius 1 is 1.57 bits per heavy atom. The molecule has 0 saturated heterocycles. The third kappa shape index (κ3) is 1.79. The minimum atomic E-state index is -1.18. The molecule has 0 aliphatic rings. The van der Waals surface area contributed by atoms with Crippen LogP contribution in [0.4, 0.5) is 5.82 Å². The number of hydrogen-bond acceptors (Lipinski definition) is 5. The minimum Gasteiger partial charge on any atom is -0.478 e. The molecule has 0 aromatic carbocycles. The van der Waals surface area contributed by atoms with Crippen molar-refractivity contribution in [2.24, 2.45) is 0 Å². The first-order valence-electron chi connectivity index (χ1n) is 3.63. The lowest BCUT2D eigenvalue weighted by molar-refractivity contribution is 0.0601. The molecule has 0 bridgehead atoms. The Morgan fingerprint density at radius 3 is 2.71 bits per heavy atom. The van der Waals surface area contributed by atoms with Crippen LogP contribution in [0.5, 0.6) is 0 Å². The number of esters is 1. The molecule has 1 heterocycles. The van der Waals surface area contributed by atoms with Crippen LogP contribution in [0.25, 0.3) is 0 Å². The highest BCUT2D eigenvalue weighted by Gasteiger charge is 2.14. The molecular weight excluding hydrogens is 188 g/mol. The largest absolute Gasteiger partial charge is 0.478 e. The van der Waals surface area contributed by atoms with Gasteiger partial charge in [0.2, 0.25) is 0 Å². The molecule has 0 aliphatic carbocycles. The molecule has 6 nitrogen and oxygen atoms in total. The third-order valence-corrected chi connectivity index (χ3v) is 1.57.